The summed E-state index contributed by atoms with van der Waals surface area (Å²) in [6.45, 7) is 1.10. The lowest BCUT2D eigenvalue weighted by Gasteiger charge is -2.18. The summed E-state index contributed by atoms with van der Waals surface area (Å²) in [5.41, 5.74) is 6.17. The first kappa shape index (κ1) is 17.0. The van der Waals surface area contributed by atoms with Gasteiger partial charge >= 0.3 is 5.97 Å². The summed E-state index contributed by atoms with van der Waals surface area (Å²) < 4.78 is 0. The maximum atomic E-state index is 11.9. The zero-order valence-electron chi connectivity index (χ0n) is 11.7. The number of carbonyl (C=O) groups is 3. The van der Waals surface area contributed by atoms with Crippen LogP contribution in [0.15, 0.2) is 29.2 Å². The second-order valence-electron chi connectivity index (χ2n) is 4.52. The van der Waals surface area contributed by atoms with Crippen molar-refractivity contribution in [3.05, 3.63) is 29.8 Å². The van der Waals surface area contributed by atoms with Crippen LogP contribution in [0.25, 0.3) is 0 Å². The number of rotatable bonds is 8. The van der Waals surface area contributed by atoms with Crippen molar-refractivity contribution in [2.24, 2.45) is 5.73 Å². The number of primary amides is 1. The standard InChI is InChI=1S/C14H18N2O4S/c1-10-2-4-11(5-3-10)21-7-6-13(18)16(8-12(15)17)9-14(19)20/h2-5H,6-9H2,1H3,(H2,15,17)(H,19,20). The fourth-order valence-corrected chi connectivity index (χ4v) is 2.47. The van der Waals surface area contributed by atoms with E-state index in [0.29, 0.717) is 5.75 Å². The van der Waals surface area contributed by atoms with Gasteiger partial charge < -0.3 is 15.7 Å². The van der Waals surface area contributed by atoms with Crippen molar-refractivity contribution in [3.63, 3.8) is 0 Å². The molecular weight excluding hydrogens is 292 g/mol. The molecule has 7 heteroatoms. The van der Waals surface area contributed by atoms with Gasteiger partial charge in [0.1, 0.15) is 6.54 Å². The van der Waals surface area contributed by atoms with Crippen LogP contribution in [-0.4, -0.2) is 46.6 Å². The second kappa shape index (κ2) is 8.31. The van der Waals surface area contributed by atoms with Crippen molar-refractivity contribution >= 4 is 29.5 Å². The van der Waals surface area contributed by atoms with E-state index in [0.717, 1.165) is 15.4 Å². The van der Waals surface area contributed by atoms with Crippen LogP contribution < -0.4 is 5.73 Å². The number of carboxylic acid groups (broad SMARTS) is 1. The van der Waals surface area contributed by atoms with Crippen LogP contribution in [0.4, 0.5) is 0 Å². The Morgan fingerprint density at radius 3 is 2.33 bits per heavy atom. The van der Waals surface area contributed by atoms with E-state index in [1.165, 1.54) is 11.8 Å². The molecule has 0 aromatic heterocycles. The zero-order chi connectivity index (χ0) is 15.8. The van der Waals surface area contributed by atoms with E-state index in [1.54, 1.807) is 0 Å². The predicted molar refractivity (Wildman–Crippen MR) is 79.9 cm³/mol. The molecule has 21 heavy (non-hydrogen) atoms. The molecule has 0 heterocycles. The fraction of sp³-hybridized carbons (Fsp3) is 0.357. The third-order valence-corrected chi connectivity index (χ3v) is 3.64. The van der Waals surface area contributed by atoms with Gasteiger partial charge in [-0.25, -0.2) is 0 Å². The first-order valence-electron chi connectivity index (χ1n) is 6.36. The highest BCUT2D eigenvalue weighted by Crippen LogP contribution is 2.19. The average molecular weight is 310 g/mol. The van der Waals surface area contributed by atoms with Crippen molar-refractivity contribution in [1.29, 1.82) is 0 Å². The molecule has 0 aliphatic rings. The summed E-state index contributed by atoms with van der Waals surface area (Å²) in [7, 11) is 0. The molecule has 6 nitrogen and oxygen atoms in total. The Kier molecular flexibility index (Phi) is 6.74. The molecule has 3 N–H and O–H groups in total. The Hall–Kier alpha value is -2.02. The molecule has 0 radical (unpaired) electrons. The highest BCUT2D eigenvalue weighted by molar-refractivity contribution is 7.99. The van der Waals surface area contributed by atoms with Crippen LogP contribution >= 0.6 is 11.8 Å². The molecule has 0 aliphatic heterocycles. The van der Waals surface area contributed by atoms with Gasteiger partial charge in [-0.05, 0) is 19.1 Å². The van der Waals surface area contributed by atoms with Crippen molar-refractivity contribution in [1.82, 2.24) is 4.90 Å². The summed E-state index contributed by atoms with van der Waals surface area (Å²) in [6.07, 6.45) is 0.152. The van der Waals surface area contributed by atoms with Crippen LogP contribution in [0.1, 0.15) is 12.0 Å². The van der Waals surface area contributed by atoms with Gasteiger partial charge in [0.15, 0.2) is 0 Å². The van der Waals surface area contributed by atoms with E-state index < -0.39 is 24.3 Å². The quantitative estimate of drug-likeness (QED) is 0.694. The number of aliphatic carboxylic acids is 1. The Balaban J connectivity index is 2.47. The molecule has 2 amide bonds. The number of nitrogens with zero attached hydrogens (tertiary/aromatic N) is 1. The molecule has 1 rings (SSSR count). The minimum absolute atomic E-state index is 0.152. The molecular formula is C14H18N2O4S. The van der Waals surface area contributed by atoms with Gasteiger partial charge in [-0.2, -0.15) is 0 Å². The van der Waals surface area contributed by atoms with E-state index in [1.807, 2.05) is 31.2 Å². The molecule has 0 unspecified atom stereocenters. The minimum atomic E-state index is -1.17. The molecule has 0 fully saturated rings. The molecule has 0 spiro atoms. The monoisotopic (exact) mass is 310 g/mol. The Morgan fingerprint density at radius 2 is 1.81 bits per heavy atom. The highest BCUT2D eigenvalue weighted by atomic mass is 32.2. The van der Waals surface area contributed by atoms with Gasteiger partial charge in [0, 0.05) is 17.1 Å². The van der Waals surface area contributed by atoms with E-state index in [4.69, 9.17) is 10.8 Å². The van der Waals surface area contributed by atoms with Gasteiger partial charge in [0.25, 0.3) is 0 Å². The van der Waals surface area contributed by atoms with Gasteiger partial charge in [0.05, 0.1) is 6.54 Å². The second-order valence-corrected chi connectivity index (χ2v) is 5.69. The lowest BCUT2D eigenvalue weighted by molar-refractivity contribution is -0.145. The summed E-state index contributed by atoms with van der Waals surface area (Å²) >= 11 is 1.50. The van der Waals surface area contributed by atoms with Gasteiger partial charge in [-0.3, -0.25) is 14.4 Å². The Morgan fingerprint density at radius 1 is 1.19 bits per heavy atom. The normalized spacial score (nSPS) is 10.1. The molecule has 0 atom stereocenters. The maximum Gasteiger partial charge on any atom is 0.323 e. The number of hydrogen-bond acceptors (Lipinski definition) is 4. The fourth-order valence-electron chi connectivity index (χ4n) is 1.63. The number of carboxylic acids is 1. The number of amides is 2. The molecule has 0 aliphatic carbocycles. The van der Waals surface area contributed by atoms with E-state index in [-0.39, 0.29) is 13.0 Å². The van der Waals surface area contributed by atoms with E-state index in [9.17, 15) is 14.4 Å². The summed E-state index contributed by atoms with van der Waals surface area (Å²) in [4.78, 5) is 35.4. The lowest BCUT2D eigenvalue weighted by atomic mass is 10.2. The molecule has 114 valence electrons. The van der Waals surface area contributed by atoms with Crippen molar-refractivity contribution < 1.29 is 19.5 Å². The minimum Gasteiger partial charge on any atom is -0.480 e. The topological polar surface area (TPSA) is 101 Å². The van der Waals surface area contributed by atoms with Crippen molar-refractivity contribution in [2.45, 2.75) is 18.2 Å². The van der Waals surface area contributed by atoms with Crippen molar-refractivity contribution in [3.8, 4) is 0 Å². The van der Waals surface area contributed by atoms with Gasteiger partial charge in [-0.1, -0.05) is 17.7 Å². The lowest BCUT2D eigenvalue weighted by Crippen LogP contribution is -2.41. The van der Waals surface area contributed by atoms with Crippen LogP contribution in [-0.2, 0) is 14.4 Å². The Labute approximate surface area is 127 Å². The van der Waals surface area contributed by atoms with Crippen LogP contribution in [0.2, 0.25) is 0 Å². The van der Waals surface area contributed by atoms with Crippen LogP contribution in [0, 0.1) is 6.92 Å². The summed E-state index contributed by atoms with van der Waals surface area (Å²) in [6, 6.07) is 7.88. The van der Waals surface area contributed by atoms with Crippen LogP contribution in [0.5, 0.6) is 0 Å². The van der Waals surface area contributed by atoms with Gasteiger partial charge in [0.2, 0.25) is 11.8 Å². The van der Waals surface area contributed by atoms with Gasteiger partial charge in [-0.15, -0.1) is 11.8 Å². The third-order valence-electron chi connectivity index (χ3n) is 2.63. The number of hydrogen-bond donors (Lipinski definition) is 2. The van der Waals surface area contributed by atoms with E-state index >= 15 is 0 Å². The third kappa shape index (κ3) is 6.80. The predicted octanol–water partition coefficient (Wildman–Crippen LogP) is 0.876. The first-order chi connectivity index (χ1) is 9.88. The number of nitrogens with two attached hydrogens (primary N) is 1. The number of thioether (sulfide) groups is 1. The molecule has 0 saturated heterocycles. The highest BCUT2D eigenvalue weighted by Gasteiger charge is 2.18. The average Bonchev–Trinajstić information content (AvgIpc) is 2.39. The molecule has 0 bridgehead atoms. The SMILES string of the molecule is Cc1ccc(SCCC(=O)N(CC(N)=O)CC(=O)O)cc1. The molecule has 1 aromatic rings. The van der Waals surface area contributed by atoms with E-state index in [2.05, 4.69) is 0 Å². The first-order valence-corrected chi connectivity index (χ1v) is 7.34. The number of benzene rings is 1. The summed E-state index contributed by atoms with van der Waals surface area (Å²) in [5.74, 6) is -1.78. The largest absolute Gasteiger partial charge is 0.480 e. The number of aryl methyl sites for hydroxylation is 1. The zero-order valence-corrected chi connectivity index (χ0v) is 12.6. The number of carbonyl (C=O) groups excluding carboxylic acids is 2. The maximum absolute atomic E-state index is 11.9. The molecule has 1 aromatic carbocycles. The Bertz CT molecular complexity index is 500. The molecule has 0 saturated carbocycles. The summed E-state index contributed by atoms with van der Waals surface area (Å²) in [5, 5.41) is 8.72. The van der Waals surface area contributed by atoms with Crippen molar-refractivity contribution in [2.75, 3.05) is 18.8 Å². The smallest absolute Gasteiger partial charge is 0.323 e. The van der Waals surface area contributed by atoms with Crippen LogP contribution in [0.3, 0.4) is 0 Å².